The number of anilines is 2. The molecule has 2 heterocycles. The normalized spacial score (nSPS) is 11.5. The SMILES string of the molecule is COc1ccc(S(=O)(=O)Nc2nc(C)c(C(=O)Nc3nc4ccc(C)cc4s3)s2)cc1. The molecule has 2 N–H and O–H groups in total. The number of hydrogen-bond donors (Lipinski definition) is 2. The topological polar surface area (TPSA) is 110 Å². The smallest absolute Gasteiger partial charge is 0.269 e. The molecule has 31 heavy (non-hydrogen) atoms. The zero-order chi connectivity index (χ0) is 22.2. The summed E-state index contributed by atoms with van der Waals surface area (Å²) in [5, 5.41) is 3.36. The van der Waals surface area contributed by atoms with Gasteiger partial charge in [-0.25, -0.2) is 18.4 Å². The number of carbonyl (C=O) groups excluding carboxylic acids is 1. The molecule has 8 nitrogen and oxygen atoms in total. The number of aromatic nitrogens is 2. The molecule has 0 aliphatic carbocycles. The van der Waals surface area contributed by atoms with Crippen LogP contribution in [0.5, 0.6) is 5.75 Å². The van der Waals surface area contributed by atoms with Crippen LogP contribution in [0.1, 0.15) is 20.9 Å². The third kappa shape index (κ3) is 4.53. The minimum atomic E-state index is -3.85. The number of amides is 1. The largest absolute Gasteiger partial charge is 0.497 e. The maximum atomic E-state index is 12.7. The van der Waals surface area contributed by atoms with Crippen LogP contribution < -0.4 is 14.8 Å². The van der Waals surface area contributed by atoms with E-state index >= 15 is 0 Å². The van der Waals surface area contributed by atoms with Crippen LogP contribution in [0.2, 0.25) is 0 Å². The van der Waals surface area contributed by atoms with Gasteiger partial charge in [0.15, 0.2) is 10.3 Å². The van der Waals surface area contributed by atoms with Gasteiger partial charge in [-0.2, -0.15) is 0 Å². The van der Waals surface area contributed by atoms with Crippen molar-refractivity contribution in [2.45, 2.75) is 18.7 Å². The van der Waals surface area contributed by atoms with E-state index in [0.29, 0.717) is 21.5 Å². The molecule has 1 amide bonds. The van der Waals surface area contributed by atoms with E-state index in [2.05, 4.69) is 20.0 Å². The van der Waals surface area contributed by atoms with Gasteiger partial charge in [-0.1, -0.05) is 28.7 Å². The van der Waals surface area contributed by atoms with Gasteiger partial charge in [0.2, 0.25) is 0 Å². The first kappa shape index (κ1) is 21.2. The Kier molecular flexibility index (Phi) is 5.65. The molecule has 0 unspecified atom stereocenters. The highest BCUT2D eigenvalue weighted by atomic mass is 32.2. The van der Waals surface area contributed by atoms with Crippen molar-refractivity contribution in [1.29, 1.82) is 0 Å². The molecule has 0 saturated heterocycles. The van der Waals surface area contributed by atoms with Gasteiger partial charge in [-0.3, -0.25) is 14.8 Å². The number of methoxy groups -OCH3 is 1. The van der Waals surface area contributed by atoms with Crippen molar-refractivity contribution in [3.8, 4) is 5.75 Å². The highest BCUT2D eigenvalue weighted by Gasteiger charge is 2.21. The van der Waals surface area contributed by atoms with Gasteiger partial charge in [0.05, 0.1) is 27.9 Å². The third-order valence-corrected chi connectivity index (χ3v) is 7.85. The molecule has 0 aliphatic rings. The average molecular weight is 475 g/mol. The van der Waals surface area contributed by atoms with Crippen LogP contribution in [0.3, 0.4) is 0 Å². The van der Waals surface area contributed by atoms with Gasteiger partial charge in [0.25, 0.3) is 15.9 Å². The Morgan fingerprint density at radius 3 is 2.45 bits per heavy atom. The number of nitrogens with zero attached hydrogens (tertiary/aromatic N) is 2. The number of sulfonamides is 1. The number of thiazole rings is 2. The zero-order valence-corrected chi connectivity index (χ0v) is 19.2. The highest BCUT2D eigenvalue weighted by Crippen LogP contribution is 2.29. The Hall–Kier alpha value is -3.02. The molecule has 4 aromatic rings. The highest BCUT2D eigenvalue weighted by molar-refractivity contribution is 7.93. The number of fused-ring (bicyclic) bond motifs is 1. The number of hydrogen-bond acceptors (Lipinski definition) is 8. The van der Waals surface area contributed by atoms with E-state index in [1.807, 2.05) is 25.1 Å². The zero-order valence-electron chi connectivity index (χ0n) is 16.8. The molecule has 0 radical (unpaired) electrons. The molecule has 11 heteroatoms. The summed E-state index contributed by atoms with van der Waals surface area (Å²) in [5.41, 5.74) is 2.34. The summed E-state index contributed by atoms with van der Waals surface area (Å²) in [7, 11) is -2.35. The second kappa shape index (κ2) is 8.25. The van der Waals surface area contributed by atoms with Crippen LogP contribution in [0.15, 0.2) is 47.4 Å². The predicted molar refractivity (Wildman–Crippen MR) is 123 cm³/mol. The number of ether oxygens (including phenoxy) is 1. The van der Waals surface area contributed by atoms with Gasteiger partial charge in [0.1, 0.15) is 10.6 Å². The minimum Gasteiger partial charge on any atom is -0.497 e. The first-order chi connectivity index (χ1) is 14.7. The molecule has 4 rings (SSSR count). The Bertz CT molecular complexity index is 1380. The summed E-state index contributed by atoms with van der Waals surface area (Å²) < 4.78 is 33.7. The summed E-state index contributed by atoms with van der Waals surface area (Å²) in [6.45, 7) is 3.64. The van der Waals surface area contributed by atoms with Crippen molar-refractivity contribution < 1.29 is 17.9 Å². The average Bonchev–Trinajstić information content (AvgIpc) is 3.29. The Balaban J connectivity index is 1.52. The lowest BCUT2D eigenvalue weighted by Gasteiger charge is -2.06. The van der Waals surface area contributed by atoms with E-state index in [1.54, 1.807) is 19.1 Å². The van der Waals surface area contributed by atoms with Crippen molar-refractivity contribution in [3.63, 3.8) is 0 Å². The number of nitrogens with one attached hydrogen (secondary N) is 2. The van der Waals surface area contributed by atoms with Crippen molar-refractivity contribution in [1.82, 2.24) is 9.97 Å². The lowest BCUT2D eigenvalue weighted by molar-refractivity contribution is 0.103. The molecule has 0 saturated carbocycles. The number of rotatable bonds is 6. The van der Waals surface area contributed by atoms with Crippen LogP contribution >= 0.6 is 22.7 Å². The second-order valence-electron chi connectivity index (χ2n) is 6.66. The number of carbonyl (C=O) groups is 1. The molecule has 2 aromatic carbocycles. The summed E-state index contributed by atoms with van der Waals surface area (Å²) in [6, 6.07) is 11.9. The molecule has 0 fully saturated rings. The maximum absolute atomic E-state index is 12.7. The first-order valence-electron chi connectivity index (χ1n) is 9.08. The van der Waals surface area contributed by atoms with Crippen LogP contribution in [0, 0.1) is 13.8 Å². The Morgan fingerprint density at radius 2 is 1.74 bits per heavy atom. The lowest BCUT2D eigenvalue weighted by atomic mass is 10.2. The molecule has 160 valence electrons. The molecular formula is C20H18N4O4S3. The summed E-state index contributed by atoms with van der Waals surface area (Å²) in [4.78, 5) is 21.7. The summed E-state index contributed by atoms with van der Waals surface area (Å²) >= 11 is 2.34. The lowest BCUT2D eigenvalue weighted by Crippen LogP contribution is -2.12. The van der Waals surface area contributed by atoms with Crippen molar-refractivity contribution >= 4 is 59.1 Å². The molecule has 2 aromatic heterocycles. The van der Waals surface area contributed by atoms with Gasteiger partial charge >= 0.3 is 0 Å². The van der Waals surface area contributed by atoms with Gasteiger partial charge in [0, 0.05) is 0 Å². The summed E-state index contributed by atoms with van der Waals surface area (Å²) in [6.07, 6.45) is 0. The monoisotopic (exact) mass is 474 g/mol. The fourth-order valence-electron chi connectivity index (χ4n) is 2.82. The number of aryl methyl sites for hydroxylation is 2. The number of benzene rings is 2. The molecule has 0 bridgehead atoms. The molecular weight excluding hydrogens is 456 g/mol. The van der Waals surface area contributed by atoms with E-state index in [0.717, 1.165) is 27.1 Å². The summed E-state index contributed by atoms with van der Waals surface area (Å²) in [5.74, 6) is 0.161. The van der Waals surface area contributed by atoms with Crippen molar-refractivity contribution in [2.24, 2.45) is 0 Å². The van der Waals surface area contributed by atoms with Gasteiger partial charge in [-0.05, 0) is 55.8 Å². The minimum absolute atomic E-state index is 0.0666. The van der Waals surface area contributed by atoms with E-state index in [9.17, 15) is 13.2 Å². The van der Waals surface area contributed by atoms with Crippen molar-refractivity contribution in [3.05, 3.63) is 58.6 Å². The fourth-order valence-corrected chi connectivity index (χ4v) is 5.87. The van der Waals surface area contributed by atoms with E-state index in [1.165, 1.54) is 30.6 Å². The van der Waals surface area contributed by atoms with Crippen LogP contribution in [0.4, 0.5) is 10.3 Å². The van der Waals surface area contributed by atoms with E-state index in [4.69, 9.17) is 4.74 Å². The predicted octanol–water partition coefficient (Wildman–Crippen LogP) is 4.43. The standard InChI is InChI=1S/C20H18N4O4S3/c1-11-4-9-15-16(10-11)29-19(22-15)23-18(25)17-12(2)21-20(30-17)24-31(26,27)14-7-5-13(28-3)6-8-14/h4-10H,1-3H3,(H,21,24)(H,22,23,25). The van der Waals surface area contributed by atoms with Gasteiger partial charge in [-0.15, -0.1) is 0 Å². The van der Waals surface area contributed by atoms with Crippen molar-refractivity contribution in [2.75, 3.05) is 17.1 Å². The molecule has 0 aliphatic heterocycles. The van der Waals surface area contributed by atoms with Gasteiger partial charge < -0.3 is 4.74 Å². The maximum Gasteiger partial charge on any atom is 0.269 e. The van der Waals surface area contributed by atoms with E-state index < -0.39 is 10.0 Å². The molecule has 0 spiro atoms. The quantitative estimate of drug-likeness (QED) is 0.428. The Morgan fingerprint density at radius 1 is 1.00 bits per heavy atom. The molecule has 0 atom stereocenters. The third-order valence-electron chi connectivity index (χ3n) is 4.36. The van der Waals surface area contributed by atoms with Crippen LogP contribution in [-0.2, 0) is 10.0 Å². The van der Waals surface area contributed by atoms with Crippen LogP contribution in [-0.4, -0.2) is 31.4 Å². The Labute approximate surface area is 187 Å². The van der Waals surface area contributed by atoms with Crippen LogP contribution in [0.25, 0.3) is 10.2 Å². The second-order valence-corrected chi connectivity index (χ2v) is 10.4. The first-order valence-corrected chi connectivity index (χ1v) is 12.2. The fraction of sp³-hybridized carbons (Fsp3) is 0.150. The van der Waals surface area contributed by atoms with E-state index in [-0.39, 0.29) is 15.9 Å².